The fraction of sp³-hybridized carbons (Fsp3) is 0.435. The number of ether oxygens (including phenoxy) is 1. The fourth-order valence-corrected chi connectivity index (χ4v) is 3.59. The van der Waals surface area contributed by atoms with Gasteiger partial charge in [0.2, 0.25) is 0 Å². The molecule has 27 heavy (non-hydrogen) atoms. The predicted molar refractivity (Wildman–Crippen MR) is 109 cm³/mol. The van der Waals surface area contributed by atoms with Gasteiger partial charge in [-0.3, -0.25) is 9.69 Å². The average Bonchev–Trinajstić information content (AvgIpc) is 2.66. The number of morpholine rings is 1. The van der Waals surface area contributed by atoms with Crippen LogP contribution in [0.1, 0.15) is 51.1 Å². The Morgan fingerprint density at radius 2 is 1.67 bits per heavy atom. The van der Waals surface area contributed by atoms with E-state index in [0.717, 1.165) is 32.8 Å². The van der Waals surface area contributed by atoms with Crippen molar-refractivity contribution in [2.75, 3.05) is 26.3 Å². The van der Waals surface area contributed by atoms with Crippen molar-refractivity contribution in [3.8, 4) is 0 Å². The molecule has 144 valence electrons. The number of amides is 1. The lowest BCUT2D eigenvalue weighted by atomic mass is 9.96. The summed E-state index contributed by atoms with van der Waals surface area (Å²) in [6, 6.07) is 12.3. The van der Waals surface area contributed by atoms with E-state index in [0.29, 0.717) is 5.56 Å². The molecule has 0 radical (unpaired) electrons. The van der Waals surface area contributed by atoms with Crippen LogP contribution in [0, 0.1) is 20.8 Å². The summed E-state index contributed by atoms with van der Waals surface area (Å²) in [7, 11) is 0. The number of benzene rings is 2. The lowest BCUT2D eigenvalue weighted by molar-refractivity contribution is 0.0342. The Kier molecular flexibility index (Phi) is 6.30. The molecular formula is C23H30N2O2. The van der Waals surface area contributed by atoms with Gasteiger partial charge in [-0.15, -0.1) is 0 Å². The molecule has 1 fully saturated rings. The minimum absolute atomic E-state index is 0.0233. The van der Waals surface area contributed by atoms with Crippen molar-refractivity contribution in [3.63, 3.8) is 0 Å². The molecule has 1 amide bonds. The van der Waals surface area contributed by atoms with Crippen molar-refractivity contribution in [2.45, 2.75) is 40.3 Å². The van der Waals surface area contributed by atoms with Gasteiger partial charge in [-0.1, -0.05) is 24.3 Å². The zero-order valence-corrected chi connectivity index (χ0v) is 16.8. The molecule has 1 aliphatic heterocycles. The highest BCUT2D eigenvalue weighted by atomic mass is 16.5. The second-order valence-corrected chi connectivity index (χ2v) is 7.57. The number of carbonyl (C=O) groups excluding carboxylic acids is 1. The third-order valence-electron chi connectivity index (χ3n) is 5.42. The Morgan fingerprint density at radius 3 is 2.33 bits per heavy atom. The van der Waals surface area contributed by atoms with Crippen LogP contribution in [0.3, 0.4) is 0 Å². The van der Waals surface area contributed by atoms with E-state index in [2.05, 4.69) is 55.3 Å². The van der Waals surface area contributed by atoms with Crippen LogP contribution in [0.2, 0.25) is 0 Å². The summed E-state index contributed by atoms with van der Waals surface area (Å²) < 4.78 is 5.39. The van der Waals surface area contributed by atoms with Crippen LogP contribution in [0.5, 0.6) is 0 Å². The first-order chi connectivity index (χ1) is 12.9. The maximum Gasteiger partial charge on any atom is 0.251 e. The molecule has 1 saturated heterocycles. The van der Waals surface area contributed by atoms with Crippen LogP contribution >= 0.6 is 0 Å². The van der Waals surface area contributed by atoms with Crippen molar-refractivity contribution in [2.24, 2.45) is 0 Å². The number of hydrogen-bond acceptors (Lipinski definition) is 3. The smallest absolute Gasteiger partial charge is 0.251 e. The van der Waals surface area contributed by atoms with E-state index in [1.165, 1.54) is 27.8 Å². The van der Waals surface area contributed by atoms with Crippen LogP contribution in [-0.2, 0) is 11.3 Å². The molecule has 4 nitrogen and oxygen atoms in total. The van der Waals surface area contributed by atoms with Gasteiger partial charge in [0, 0.05) is 25.2 Å². The van der Waals surface area contributed by atoms with Gasteiger partial charge in [0.15, 0.2) is 0 Å². The minimum atomic E-state index is -0.0296. The topological polar surface area (TPSA) is 41.6 Å². The number of hydrogen-bond donors (Lipinski definition) is 1. The van der Waals surface area contributed by atoms with Crippen molar-refractivity contribution in [3.05, 3.63) is 69.8 Å². The molecule has 0 saturated carbocycles. The lowest BCUT2D eigenvalue weighted by Crippen LogP contribution is -2.35. The Balaban J connectivity index is 1.63. The maximum atomic E-state index is 12.7. The summed E-state index contributed by atoms with van der Waals surface area (Å²) in [4.78, 5) is 15.0. The fourth-order valence-electron chi connectivity index (χ4n) is 3.59. The molecule has 0 aliphatic carbocycles. The Hall–Kier alpha value is -2.17. The summed E-state index contributed by atoms with van der Waals surface area (Å²) in [6.07, 6.45) is 0. The van der Waals surface area contributed by atoms with E-state index in [1.807, 2.05) is 19.1 Å². The van der Waals surface area contributed by atoms with Gasteiger partial charge in [-0.25, -0.2) is 0 Å². The summed E-state index contributed by atoms with van der Waals surface area (Å²) >= 11 is 0. The molecule has 4 heteroatoms. The van der Waals surface area contributed by atoms with E-state index in [-0.39, 0.29) is 11.9 Å². The Bertz CT molecular complexity index is 793. The summed E-state index contributed by atoms with van der Waals surface area (Å²) in [5, 5.41) is 3.13. The third-order valence-corrected chi connectivity index (χ3v) is 5.42. The van der Waals surface area contributed by atoms with Gasteiger partial charge in [-0.2, -0.15) is 0 Å². The SMILES string of the molecule is Cc1cc(C)c(C(C)NC(=O)c2ccc(CN3CCOCC3)cc2)cc1C. The first-order valence-corrected chi connectivity index (χ1v) is 9.71. The molecule has 1 atom stereocenters. The van der Waals surface area contributed by atoms with E-state index < -0.39 is 0 Å². The van der Waals surface area contributed by atoms with Gasteiger partial charge in [-0.05, 0) is 67.6 Å². The van der Waals surface area contributed by atoms with Gasteiger partial charge in [0.05, 0.1) is 19.3 Å². The van der Waals surface area contributed by atoms with Gasteiger partial charge < -0.3 is 10.1 Å². The number of nitrogens with zero attached hydrogens (tertiary/aromatic N) is 1. The molecule has 2 aromatic rings. The summed E-state index contributed by atoms with van der Waals surface area (Å²) in [5.41, 5.74) is 6.86. The van der Waals surface area contributed by atoms with Crippen molar-refractivity contribution >= 4 is 5.91 Å². The molecule has 1 unspecified atom stereocenters. The second kappa shape index (κ2) is 8.68. The van der Waals surface area contributed by atoms with E-state index in [9.17, 15) is 4.79 Å². The molecule has 0 aromatic heterocycles. The van der Waals surface area contributed by atoms with Crippen molar-refractivity contribution in [1.82, 2.24) is 10.2 Å². The molecule has 3 rings (SSSR count). The summed E-state index contributed by atoms with van der Waals surface area (Å²) in [5.74, 6) is -0.0296. The largest absolute Gasteiger partial charge is 0.379 e. The quantitative estimate of drug-likeness (QED) is 0.872. The van der Waals surface area contributed by atoms with Gasteiger partial charge in [0.1, 0.15) is 0 Å². The normalized spacial score (nSPS) is 16.1. The first kappa shape index (κ1) is 19.6. The number of nitrogens with one attached hydrogen (secondary N) is 1. The Labute approximate surface area is 162 Å². The van der Waals surface area contributed by atoms with Crippen LogP contribution in [0.15, 0.2) is 36.4 Å². The van der Waals surface area contributed by atoms with Crippen LogP contribution in [0.4, 0.5) is 0 Å². The monoisotopic (exact) mass is 366 g/mol. The molecule has 1 aliphatic rings. The highest BCUT2D eigenvalue weighted by Crippen LogP contribution is 2.22. The van der Waals surface area contributed by atoms with Crippen LogP contribution < -0.4 is 5.32 Å². The predicted octanol–water partition coefficient (Wildman–Crippen LogP) is 3.94. The van der Waals surface area contributed by atoms with Crippen LogP contribution in [0.25, 0.3) is 0 Å². The molecular weight excluding hydrogens is 336 g/mol. The maximum absolute atomic E-state index is 12.7. The number of aryl methyl sites for hydroxylation is 3. The second-order valence-electron chi connectivity index (χ2n) is 7.57. The molecule has 2 aromatic carbocycles. The molecule has 1 N–H and O–H groups in total. The number of carbonyl (C=O) groups is 1. The zero-order chi connectivity index (χ0) is 19.4. The zero-order valence-electron chi connectivity index (χ0n) is 16.8. The molecule has 0 spiro atoms. The number of rotatable bonds is 5. The lowest BCUT2D eigenvalue weighted by Gasteiger charge is -2.26. The van der Waals surface area contributed by atoms with Gasteiger partial charge >= 0.3 is 0 Å². The molecule has 0 bridgehead atoms. The highest BCUT2D eigenvalue weighted by Gasteiger charge is 2.15. The van der Waals surface area contributed by atoms with E-state index in [4.69, 9.17) is 4.74 Å². The average molecular weight is 367 g/mol. The van der Waals surface area contributed by atoms with E-state index in [1.54, 1.807) is 0 Å². The van der Waals surface area contributed by atoms with Crippen LogP contribution in [-0.4, -0.2) is 37.1 Å². The first-order valence-electron chi connectivity index (χ1n) is 9.71. The summed E-state index contributed by atoms with van der Waals surface area (Å²) in [6.45, 7) is 12.8. The highest BCUT2D eigenvalue weighted by molar-refractivity contribution is 5.94. The van der Waals surface area contributed by atoms with Crippen molar-refractivity contribution in [1.29, 1.82) is 0 Å². The minimum Gasteiger partial charge on any atom is -0.379 e. The third kappa shape index (κ3) is 4.96. The van der Waals surface area contributed by atoms with Gasteiger partial charge in [0.25, 0.3) is 5.91 Å². The molecule has 1 heterocycles. The standard InChI is InChI=1S/C23H30N2O2/c1-16-13-18(3)22(14-17(16)2)19(4)24-23(26)21-7-5-20(6-8-21)15-25-9-11-27-12-10-25/h5-8,13-14,19H,9-12,15H2,1-4H3,(H,24,26). The Morgan fingerprint density at radius 1 is 1.04 bits per heavy atom. The van der Waals surface area contributed by atoms with Crippen molar-refractivity contribution < 1.29 is 9.53 Å². The van der Waals surface area contributed by atoms with E-state index >= 15 is 0 Å².